The van der Waals surface area contributed by atoms with E-state index < -0.39 is 23.1 Å². The van der Waals surface area contributed by atoms with Crippen LogP contribution in [0.15, 0.2) is 39.9 Å². The second kappa shape index (κ2) is 11.1. The predicted octanol–water partition coefficient (Wildman–Crippen LogP) is -1.05. The fraction of sp³-hybridized carbons (Fsp3) is 0.400. The molecule has 1 aromatic heterocycles. The number of hydrogen-bond acceptors (Lipinski definition) is 7. The van der Waals surface area contributed by atoms with Crippen LogP contribution in [0.2, 0.25) is 0 Å². The van der Waals surface area contributed by atoms with Crippen LogP contribution in [0.5, 0.6) is 0 Å². The molecule has 11 heteroatoms. The molecule has 168 valence electrons. The van der Waals surface area contributed by atoms with Crippen LogP contribution in [0.1, 0.15) is 12.5 Å². The van der Waals surface area contributed by atoms with Gasteiger partial charge in [-0.15, -0.1) is 0 Å². The summed E-state index contributed by atoms with van der Waals surface area (Å²) in [4.78, 5) is 54.2. The molecule has 31 heavy (non-hydrogen) atoms. The third-order valence-corrected chi connectivity index (χ3v) is 4.63. The normalized spacial score (nSPS) is 10.9. The van der Waals surface area contributed by atoms with E-state index in [0.29, 0.717) is 6.54 Å². The average molecular weight is 432 g/mol. The molecule has 5 N–H and O–H groups in total. The zero-order valence-electron chi connectivity index (χ0n) is 17.7. The third kappa shape index (κ3) is 6.27. The Morgan fingerprint density at radius 3 is 2.42 bits per heavy atom. The number of nitrogens with two attached hydrogens (primary N) is 2. The van der Waals surface area contributed by atoms with Crippen molar-refractivity contribution in [1.29, 1.82) is 0 Å². The number of aromatic nitrogens is 2. The first-order valence-corrected chi connectivity index (χ1v) is 9.74. The van der Waals surface area contributed by atoms with Crippen molar-refractivity contribution in [2.45, 2.75) is 13.5 Å². The first kappa shape index (κ1) is 23.8. The highest BCUT2D eigenvalue weighted by Gasteiger charge is 2.25. The number of amides is 2. The minimum absolute atomic E-state index is 0.117. The Kier molecular flexibility index (Phi) is 8.53. The minimum Gasteiger partial charge on any atom is -0.383 e. The van der Waals surface area contributed by atoms with Crippen LogP contribution < -0.4 is 27.6 Å². The van der Waals surface area contributed by atoms with Gasteiger partial charge in [-0.2, -0.15) is 0 Å². The summed E-state index contributed by atoms with van der Waals surface area (Å²) in [5.41, 5.74) is 10.7. The molecule has 0 spiro atoms. The molecule has 0 bridgehead atoms. The number of ether oxygens (including phenoxy) is 1. The number of anilines is 2. The van der Waals surface area contributed by atoms with Gasteiger partial charge >= 0.3 is 5.69 Å². The number of primary amides is 1. The Balaban J connectivity index is 2.38. The maximum absolute atomic E-state index is 13.0. The highest BCUT2D eigenvalue weighted by Crippen LogP contribution is 2.18. The molecule has 0 unspecified atom stereocenters. The smallest absolute Gasteiger partial charge is 0.330 e. The van der Waals surface area contributed by atoms with Gasteiger partial charge < -0.3 is 21.1 Å². The molecule has 1 aromatic carbocycles. The Bertz CT molecular complexity index is 1020. The first-order chi connectivity index (χ1) is 14.8. The molecule has 2 amide bonds. The van der Waals surface area contributed by atoms with E-state index in [4.69, 9.17) is 16.2 Å². The number of carbonyl (C=O) groups excluding carboxylic acids is 2. The second-order valence-corrected chi connectivity index (χ2v) is 6.87. The van der Waals surface area contributed by atoms with Gasteiger partial charge in [0.2, 0.25) is 11.8 Å². The fourth-order valence-electron chi connectivity index (χ4n) is 3.15. The number of nitrogen functional groups attached to an aromatic ring is 1. The van der Waals surface area contributed by atoms with Gasteiger partial charge in [0.05, 0.1) is 26.2 Å². The first-order valence-electron chi connectivity index (χ1n) is 9.74. The van der Waals surface area contributed by atoms with Gasteiger partial charge in [0.25, 0.3) is 5.56 Å². The molecule has 0 fully saturated rings. The van der Waals surface area contributed by atoms with Crippen LogP contribution in [-0.4, -0.2) is 66.2 Å². The van der Waals surface area contributed by atoms with Crippen molar-refractivity contribution in [2.24, 2.45) is 5.73 Å². The van der Waals surface area contributed by atoms with Gasteiger partial charge in [-0.3, -0.25) is 28.8 Å². The van der Waals surface area contributed by atoms with E-state index in [2.05, 4.69) is 4.98 Å². The summed E-state index contributed by atoms with van der Waals surface area (Å²) >= 11 is 0. The molecule has 1 heterocycles. The van der Waals surface area contributed by atoms with E-state index in [9.17, 15) is 19.2 Å². The molecule has 11 nitrogen and oxygen atoms in total. The highest BCUT2D eigenvalue weighted by atomic mass is 16.5. The lowest BCUT2D eigenvalue weighted by Gasteiger charge is -2.26. The molecule has 2 aromatic rings. The summed E-state index contributed by atoms with van der Waals surface area (Å²) in [5, 5.41) is 0. The fourth-order valence-corrected chi connectivity index (χ4v) is 3.15. The molecule has 0 saturated heterocycles. The molecule has 0 atom stereocenters. The largest absolute Gasteiger partial charge is 0.383 e. The predicted molar refractivity (Wildman–Crippen MR) is 117 cm³/mol. The van der Waals surface area contributed by atoms with Crippen molar-refractivity contribution < 1.29 is 14.3 Å². The number of benzene rings is 1. The quantitative estimate of drug-likeness (QED) is 0.409. The lowest BCUT2D eigenvalue weighted by molar-refractivity contribution is -0.122. The molecule has 0 aliphatic heterocycles. The number of likely N-dealkylation sites (N-methyl/N-ethyl adjacent to an activating group) is 1. The monoisotopic (exact) mass is 432 g/mol. The van der Waals surface area contributed by atoms with Crippen molar-refractivity contribution in [3.05, 3.63) is 56.7 Å². The molecule has 2 rings (SSSR count). The summed E-state index contributed by atoms with van der Waals surface area (Å²) in [5.74, 6) is -1.19. The minimum atomic E-state index is -0.764. The summed E-state index contributed by atoms with van der Waals surface area (Å²) in [6, 6.07) is 9.11. The van der Waals surface area contributed by atoms with Gasteiger partial charge in [0.1, 0.15) is 5.82 Å². The van der Waals surface area contributed by atoms with Gasteiger partial charge in [0.15, 0.2) is 5.69 Å². The van der Waals surface area contributed by atoms with Crippen molar-refractivity contribution in [3.8, 4) is 0 Å². The van der Waals surface area contributed by atoms with Crippen LogP contribution in [-0.2, 0) is 20.9 Å². The van der Waals surface area contributed by atoms with Crippen molar-refractivity contribution >= 4 is 23.3 Å². The SMILES string of the molecule is CCN(C(=O)CN(CCOC)CC(N)=O)c1c(N)n(Cc2ccccc2)c(=O)[nH]c1=O. The number of aromatic amines is 1. The molecule has 0 saturated carbocycles. The molecular formula is C20H28N6O5. The lowest BCUT2D eigenvalue weighted by atomic mass is 10.2. The van der Waals surface area contributed by atoms with E-state index in [0.717, 1.165) is 5.56 Å². The molecule has 0 aliphatic carbocycles. The van der Waals surface area contributed by atoms with E-state index in [-0.39, 0.29) is 44.3 Å². The number of nitrogens with one attached hydrogen (secondary N) is 1. The molecular weight excluding hydrogens is 404 g/mol. The van der Waals surface area contributed by atoms with Crippen LogP contribution in [0.4, 0.5) is 11.5 Å². The van der Waals surface area contributed by atoms with Crippen LogP contribution in [0.3, 0.4) is 0 Å². The number of hydrogen-bond donors (Lipinski definition) is 3. The van der Waals surface area contributed by atoms with Gasteiger partial charge in [-0.25, -0.2) is 4.79 Å². The van der Waals surface area contributed by atoms with Gasteiger partial charge in [-0.05, 0) is 12.5 Å². The Morgan fingerprint density at radius 2 is 1.84 bits per heavy atom. The number of carbonyl (C=O) groups is 2. The highest BCUT2D eigenvalue weighted by molar-refractivity contribution is 5.97. The topological polar surface area (TPSA) is 157 Å². The number of H-pyrrole nitrogens is 1. The molecule has 0 aliphatic rings. The summed E-state index contributed by atoms with van der Waals surface area (Å²) in [7, 11) is 1.50. The second-order valence-electron chi connectivity index (χ2n) is 6.87. The number of rotatable bonds is 11. The van der Waals surface area contributed by atoms with E-state index in [1.165, 1.54) is 21.5 Å². The van der Waals surface area contributed by atoms with E-state index in [1.54, 1.807) is 6.92 Å². The van der Waals surface area contributed by atoms with Crippen LogP contribution >= 0.6 is 0 Å². The maximum atomic E-state index is 13.0. The summed E-state index contributed by atoms with van der Waals surface area (Å²) < 4.78 is 6.20. The third-order valence-electron chi connectivity index (χ3n) is 4.63. The molecule has 0 radical (unpaired) electrons. The standard InChI is InChI=1S/C20H28N6O5/c1-3-25(16(28)13-24(9-10-31-2)12-15(21)27)17-18(22)26(20(30)23-19(17)29)11-14-7-5-4-6-8-14/h4-8H,3,9-13,22H2,1-2H3,(H2,21,27)(H,23,29,30). The Morgan fingerprint density at radius 1 is 1.16 bits per heavy atom. The Labute approximate surface area is 179 Å². The number of methoxy groups -OCH3 is 1. The zero-order valence-corrected chi connectivity index (χ0v) is 17.7. The number of nitrogens with zero attached hydrogens (tertiary/aromatic N) is 3. The lowest BCUT2D eigenvalue weighted by Crippen LogP contribution is -2.47. The van der Waals surface area contributed by atoms with Crippen molar-refractivity contribution in [2.75, 3.05) is 50.5 Å². The van der Waals surface area contributed by atoms with Crippen molar-refractivity contribution in [1.82, 2.24) is 14.5 Å². The van der Waals surface area contributed by atoms with Crippen LogP contribution in [0.25, 0.3) is 0 Å². The van der Waals surface area contributed by atoms with Crippen molar-refractivity contribution in [3.63, 3.8) is 0 Å². The van der Waals surface area contributed by atoms with E-state index >= 15 is 0 Å². The summed E-state index contributed by atoms with van der Waals surface area (Å²) in [6.45, 7) is 2.19. The average Bonchev–Trinajstić information content (AvgIpc) is 2.72. The van der Waals surface area contributed by atoms with E-state index in [1.807, 2.05) is 30.3 Å². The maximum Gasteiger partial charge on any atom is 0.330 e. The van der Waals surface area contributed by atoms with Gasteiger partial charge in [0, 0.05) is 20.2 Å². The van der Waals surface area contributed by atoms with Gasteiger partial charge in [-0.1, -0.05) is 30.3 Å². The Hall–Kier alpha value is -3.44. The zero-order chi connectivity index (χ0) is 23.0. The summed E-state index contributed by atoms with van der Waals surface area (Å²) in [6.07, 6.45) is 0. The van der Waals surface area contributed by atoms with Crippen LogP contribution in [0, 0.1) is 0 Å².